The zero-order valence-corrected chi connectivity index (χ0v) is 17.8. The van der Waals surface area contributed by atoms with E-state index >= 15 is 0 Å². The van der Waals surface area contributed by atoms with E-state index in [1.807, 2.05) is 48.5 Å². The summed E-state index contributed by atoms with van der Waals surface area (Å²) in [5.41, 5.74) is 1.34. The molecule has 3 aromatic heterocycles. The minimum Gasteiger partial charge on any atom is -0.484 e. The van der Waals surface area contributed by atoms with Gasteiger partial charge in [0.2, 0.25) is 5.95 Å². The number of nitrogens with one attached hydrogen (secondary N) is 2. The van der Waals surface area contributed by atoms with Crippen molar-refractivity contribution in [3.05, 3.63) is 102 Å². The Morgan fingerprint density at radius 1 is 0.971 bits per heavy atom. The highest BCUT2D eigenvalue weighted by Crippen LogP contribution is 2.25. The summed E-state index contributed by atoms with van der Waals surface area (Å²) in [6, 6.07) is 24.8. The summed E-state index contributed by atoms with van der Waals surface area (Å²) in [5, 5.41) is 7.28. The van der Waals surface area contributed by atoms with Gasteiger partial charge in [-0.25, -0.2) is 4.98 Å². The molecule has 0 saturated heterocycles. The summed E-state index contributed by atoms with van der Waals surface area (Å²) in [7, 11) is 0. The molecule has 0 aliphatic heterocycles. The van der Waals surface area contributed by atoms with Crippen molar-refractivity contribution in [2.24, 2.45) is 0 Å². The SMILES string of the molecule is O=C(COc1ccccc1)Nc1cc(-c2ccco2)nn1-c1nc(-c2ccccc2)cc(=O)[nH]1. The van der Waals surface area contributed by atoms with Gasteiger partial charge in [0.05, 0.1) is 12.0 Å². The maximum absolute atomic E-state index is 12.6. The third-order valence-electron chi connectivity index (χ3n) is 4.86. The van der Waals surface area contributed by atoms with Crippen LogP contribution >= 0.6 is 0 Å². The van der Waals surface area contributed by atoms with Crippen LogP contribution in [0.5, 0.6) is 5.75 Å². The van der Waals surface area contributed by atoms with Crippen LogP contribution < -0.4 is 15.6 Å². The number of hydrogen-bond acceptors (Lipinski definition) is 6. The molecule has 34 heavy (non-hydrogen) atoms. The lowest BCUT2D eigenvalue weighted by atomic mass is 10.1. The van der Waals surface area contributed by atoms with Crippen molar-refractivity contribution >= 4 is 11.7 Å². The quantitative estimate of drug-likeness (QED) is 0.386. The van der Waals surface area contributed by atoms with Gasteiger partial charge in [0.25, 0.3) is 11.5 Å². The lowest BCUT2D eigenvalue weighted by Gasteiger charge is -2.10. The zero-order valence-electron chi connectivity index (χ0n) is 17.8. The topological polar surface area (TPSA) is 115 Å². The van der Waals surface area contributed by atoms with Gasteiger partial charge in [-0.2, -0.15) is 9.78 Å². The number of anilines is 1. The van der Waals surface area contributed by atoms with Crippen LogP contribution in [0.1, 0.15) is 0 Å². The molecule has 0 aliphatic rings. The van der Waals surface area contributed by atoms with E-state index in [-0.39, 0.29) is 18.1 Å². The predicted octanol–water partition coefficient (Wildman–Crippen LogP) is 3.90. The van der Waals surface area contributed by atoms with E-state index in [1.165, 1.54) is 17.0 Å². The van der Waals surface area contributed by atoms with Crippen molar-refractivity contribution in [3.63, 3.8) is 0 Å². The molecule has 0 atom stereocenters. The molecule has 0 radical (unpaired) electrons. The van der Waals surface area contributed by atoms with Crippen LogP contribution in [0, 0.1) is 0 Å². The Balaban J connectivity index is 1.49. The molecular weight excluding hydrogens is 434 g/mol. The van der Waals surface area contributed by atoms with Crippen LogP contribution in [0.2, 0.25) is 0 Å². The van der Waals surface area contributed by atoms with Crippen LogP contribution in [0.4, 0.5) is 5.82 Å². The van der Waals surface area contributed by atoms with Gasteiger partial charge in [0.1, 0.15) is 17.3 Å². The number of carbonyl (C=O) groups is 1. The van der Waals surface area contributed by atoms with Crippen LogP contribution in [-0.2, 0) is 4.79 Å². The molecule has 1 amide bonds. The van der Waals surface area contributed by atoms with E-state index in [0.29, 0.717) is 28.7 Å². The number of H-pyrrole nitrogens is 1. The lowest BCUT2D eigenvalue weighted by Crippen LogP contribution is -2.23. The molecule has 0 spiro atoms. The monoisotopic (exact) mass is 453 g/mol. The van der Waals surface area contributed by atoms with Gasteiger partial charge in [-0.05, 0) is 24.3 Å². The minimum atomic E-state index is -0.405. The van der Waals surface area contributed by atoms with Gasteiger partial charge >= 0.3 is 0 Å². The van der Waals surface area contributed by atoms with Crippen molar-refractivity contribution in [2.75, 3.05) is 11.9 Å². The number of carbonyl (C=O) groups excluding carboxylic acids is 1. The first kappa shape index (κ1) is 21.0. The Morgan fingerprint density at radius 3 is 2.47 bits per heavy atom. The van der Waals surface area contributed by atoms with Crippen LogP contribution in [-0.4, -0.2) is 32.3 Å². The second-order valence-corrected chi connectivity index (χ2v) is 7.27. The molecule has 168 valence electrons. The maximum Gasteiger partial charge on any atom is 0.263 e. The number of ether oxygens (including phenoxy) is 1. The minimum absolute atomic E-state index is 0.142. The largest absolute Gasteiger partial charge is 0.484 e. The fraction of sp³-hybridized carbons (Fsp3) is 0.0400. The summed E-state index contributed by atoms with van der Waals surface area (Å²) < 4.78 is 12.3. The van der Waals surface area contributed by atoms with Gasteiger partial charge < -0.3 is 14.5 Å². The smallest absolute Gasteiger partial charge is 0.263 e. The van der Waals surface area contributed by atoms with Crippen molar-refractivity contribution < 1.29 is 13.9 Å². The fourth-order valence-corrected chi connectivity index (χ4v) is 3.32. The van der Waals surface area contributed by atoms with Gasteiger partial charge in [-0.15, -0.1) is 0 Å². The molecule has 2 N–H and O–H groups in total. The van der Waals surface area contributed by atoms with E-state index in [4.69, 9.17) is 9.15 Å². The van der Waals surface area contributed by atoms with E-state index in [9.17, 15) is 9.59 Å². The Kier molecular flexibility index (Phi) is 5.73. The highest BCUT2D eigenvalue weighted by atomic mass is 16.5. The number of aromatic amines is 1. The van der Waals surface area contributed by atoms with Gasteiger partial charge in [-0.3, -0.25) is 14.6 Å². The molecule has 0 saturated carbocycles. The number of amides is 1. The molecule has 9 nitrogen and oxygen atoms in total. The number of rotatable bonds is 7. The van der Waals surface area contributed by atoms with Gasteiger partial charge in [0, 0.05) is 17.7 Å². The van der Waals surface area contributed by atoms with E-state index in [0.717, 1.165) is 5.56 Å². The number of furan rings is 1. The molecule has 0 unspecified atom stereocenters. The number of hydrogen-bond donors (Lipinski definition) is 2. The Hall–Kier alpha value is -4.92. The first-order valence-electron chi connectivity index (χ1n) is 10.4. The number of nitrogens with zero attached hydrogens (tertiary/aromatic N) is 3. The summed E-state index contributed by atoms with van der Waals surface area (Å²) in [5.74, 6) is 1.10. The fourth-order valence-electron chi connectivity index (χ4n) is 3.32. The molecule has 0 fully saturated rings. The lowest BCUT2D eigenvalue weighted by molar-refractivity contribution is -0.118. The second kappa shape index (κ2) is 9.29. The van der Waals surface area contributed by atoms with E-state index < -0.39 is 5.91 Å². The third kappa shape index (κ3) is 4.63. The summed E-state index contributed by atoms with van der Waals surface area (Å²) in [6.07, 6.45) is 1.52. The molecule has 2 aromatic carbocycles. The zero-order chi connectivity index (χ0) is 23.3. The summed E-state index contributed by atoms with van der Waals surface area (Å²) in [6.45, 7) is -0.209. The standard InChI is InChI=1S/C25H19N5O4/c31-23-15-19(17-8-3-1-4-9-17)26-25(28-23)30-22(14-20(29-30)21-12-7-13-33-21)27-24(32)16-34-18-10-5-2-6-11-18/h1-15H,16H2,(H,27,32)(H,26,28,31). The highest BCUT2D eigenvalue weighted by molar-refractivity contribution is 5.91. The first-order valence-corrected chi connectivity index (χ1v) is 10.4. The Morgan fingerprint density at radius 2 is 1.74 bits per heavy atom. The Labute approximate surface area is 193 Å². The van der Waals surface area contributed by atoms with Gasteiger partial charge in [0.15, 0.2) is 12.4 Å². The van der Waals surface area contributed by atoms with Crippen molar-refractivity contribution in [2.45, 2.75) is 0 Å². The highest BCUT2D eigenvalue weighted by Gasteiger charge is 2.18. The average molecular weight is 453 g/mol. The average Bonchev–Trinajstić information content (AvgIpc) is 3.54. The van der Waals surface area contributed by atoms with E-state index in [1.54, 1.807) is 30.3 Å². The Bertz CT molecular complexity index is 1460. The van der Waals surface area contributed by atoms with Crippen LogP contribution in [0.15, 0.2) is 100 Å². The molecule has 3 heterocycles. The van der Waals surface area contributed by atoms with E-state index in [2.05, 4.69) is 20.4 Å². The maximum atomic E-state index is 12.6. The van der Waals surface area contributed by atoms with Crippen molar-refractivity contribution in [1.29, 1.82) is 0 Å². The predicted molar refractivity (Wildman–Crippen MR) is 126 cm³/mol. The summed E-state index contributed by atoms with van der Waals surface area (Å²) >= 11 is 0. The molecule has 5 aromatic rings. The third-order valence-corrected chi connectivity index (χ3v) is 4.86. The van der Waals surface area contributed by atoms with Crippen molar-refractivity contribution in [3.8, 4) is 34.4 Å². The normalized spacial score (nSPS) is 10.7. The number of benzene rings is 2. The number of para-hydroxylation sites is 1. The second-order valence-electron chi connectivity index (χ2n) is 7.27. The van der Waals surface area contributed by atoms with Crippen LogP contribution in [0.3, 0.4) is 0 Å². The van der Waals surface area contributed by atoms with Gasteiger partial charge in [-0.1, -0.05) is 48.5 Å². The molecular formula is C25H19N5O4. The molecule has 0 aliphatic carbocycles. The first-order chi connectivity index (χ1) is 16.7. The van der Waals surface area contributed by atoms with Crippen molar-refractivity contribution in [1.82, 2.24) is 19.7 Å². The van der Waals surface area contributed by atoms with Crippen LogP contribution in [0.25, 0.3) is 28.7 Å². The number of aromatic nitrogens is 4. The summed E-state index contributed by atoms with van der Waals surface area (Å²) in [4.78, 5) is 32.3. The molecule has 5 rings (SSSR count). The molecule has 9 heteroatoms. The molecule has 0 bridgehead atoms.